The Morgan fingerprint density at radius 3 is 1.79 bits per heavy atom. The first-order chi connectivity index (χ1) is 6.33. The Balaban J connectivity index is 0.000000292. The number of aromatic hydroxyl groups is 1. The molecule has 0 saturated heterocycles. The smallest absolute Gasteiger partial charge is 0.394 e. The highest BCUT2D eigenvalue weighted by atomic mass is 32.3. The van der Waals surface area contributed by atoms with Crippen LogP contribution in [0.15, 0.2) is 24.3 Å². The minimum Gasteiger partial charge on any atom is -0.508 e. The third-order valence-electron chi connectivity index (χ3n) is 1.17. The number of phenols is 1. The number of phenolic OH excluding ortho intramolecular Hbond substituents is 1. The van der Waals surface area contributed by atoms with Gasteiger partial charge in [-0.15, -0.1) is 0 Å². The van der Waals surface area contributed by atoms with Gasteiger partial charge in [-0.25, -0.2) is 0 Å². The highest BCUT2D eigenvalue weighted by Crippen LogP contribution is 2.08. The van der Waals surface area contributed by atoms with Gasteiger partial charge in [0.15, 0.2) is 0 Å². The lowest BCUT2D eigenvalue weighted by molar-refractivity contribution is 0.381. The van der Waals surface area contributed by atoms with Gasteiger partial charge < -0.3 is 10.8 Å². The van der Waals surface area contributed by atoms with E-state index in [9.17, 15) is 0 Å². The Morgan fingerprint density at radius 2 is 1.50 bits per heavy atom. The van der Waals surface area contributed by atoms with Crippen molar-refractivity contribution in [2.75, 3.05) is 0 Å². The van der Waals surface area contributed by atoms with Gasteiger partial charge in [0.25, 0.3) is 0 Å². The van der Waals surface area contributed by atoms with E-state index in [-0.39, 0.29) is 5.75 Å². The van der Waals surface area contributed by atoms with Gasteiger partial charge in [-0.3, -0.25) is 9.11 Å². The molecule has 0 atom stereocenters. The maximum Gasteiger partial charge on any atom is 0.394 e. The fourth-order valence-corrected chi connectivity index (χ4v) is 0.632. The molecule has 0 amide bonds. The van der Waals surface area contributed by atoms with E-state index in [0.29, 0.717) is 6.54 Å². The average Bonchev–Trinajstić information content (AvgIpc) is 2.03. The lowest BCUT2D eigenvalue weighted by Crippen LogP contribution is -1.94. The van der Waals surface area contributed by atoms with Crippen LogP contribution in [0.4, 0.5) is 0 Å². The highest BCUT2D eigenvalue weighted by molar-refractivity contribution is 7.79. The van der Waals surface area contributed by atoms with E-state index in [0.717, 1.165) is 5.56 Å². The zero-order chi connectivity index (χ0) is 11.2. The van der Waals surface area contributed by atoms with E-state index in [1.165, 1.54) is 0 Å². The van der Waals surface area contributed by atoms with Gasteiger partial charge in [0.05, 0.1) is 0 Å². The quantitative estimate of drug-likeness (QED) is 0.502. The van der Waals surface area contributed by atoms with Crippen molar-refractivity contribution in [3.8, 4) is 5.75 Å². The van der Waals surface area contributed by atoms with Gasteiger partial charge in [0.2, 0.25) is 0 Å². The molecule has 0 aliphatic rings. The molecule has 14 heavy (non-hydrogen) atoms. The molecule has 0 bridgehead atoms. The molecule has 1 aromatic carbocycles. The molecule has 0 aliphatic heterocycles. The third kappa shape index (κ3) is 8.94. The van der Waals surface area contributed by atoms with Crippen molar-refractivity contribution >= 4 is 10.4 Å². The molecule has 5 N–H and O–H groups in total. The minimum atomic E-state index is -4.67. The van der Waals surface area contributed by atoms with Crippen LogP contribution in [0.25, 0.3) is 0 Å². The fourth-order valence-electron chi connectivity index (χ4n) is 0.632. The van der Waals surface area contributed by atoms with Gasteiger partial charge in [-0.2, -0.15) is 8.42 Å². The van der Waals surface area contributed by atoms with Crippen molar-refractivity contribution in [2.24, 2.45) is 5.73 Å². The molecule has 80 valence electrons. The summed E-state index contributed by atoms with van der Waals surface area (Å²) in [5.41, 5.74) is 6.35. The summed E-state index contributed by atoms with van der Waals surface area (Å²) in [6, 6.07) is 6.86. The van der Waals surface area contributed by atoms with Crippen LogP contribution >= 0.6 is 0 Å². The second-order valence-corrected chi connectivity index (χ2v) is 3.21. The van der Waals surface area contributed by atoms with E-state index >= 15 is 0 Å². The highest BCUT2D eigenvalue weighted by Gasteiger charge is 1.86. The average molecular weight is 221 g/mol. The molecule has 0 aliphatic carbocycles. The summed E-state index contributed by atoms with van der Waals surface area (Å²) < 4.78 is 31.6. The molecule has 1 aromatic rings. The minimum absolute atomic E-state index is 0.284. The standard InChI is InChI=1S/C7H9NO.H2O4S/c8-5-6-1-3-7(9)4-2-6;1-5(2,3)4/h1-4,9H,5,8H2;(H2,1,2,3,4). The Bertz CT molecular complexity index is 350. The lowest BCUT2D eigenvalue weighted by Gasteiger charge is -1.93. The molecule has 0 radical (unpaired) electrons. The number of rotatable bonds is 1. The Labute approximate surface area is 81.6 Å². The molecule has 1 rings (SSSR count). The Morgan fingerprint density at radius 1 is 1.14 bits per heavy atom. The van der Waals surface area contributed by atoms with E-state index < -0.39 is 10.4 Å². The third-order valence-corrected chi connectivity index (χ3v) is 1.17. The number of hydrogen-bond donors (Lipinski definition) is 4. The summed E-state index contributed by atoms with van der Waals surface area (Å²) in [5.74, 6) is 0.284. The van der Waals surface area contributed by atoms with Gasteiger partial charge in [0, 0.05) is 6.54 Å². The van der Waals surface area contributed by atoms with Gasteiger partial charge in [0.1, 0.15) is 5.75 Å². The lowest BCUT2D eigenvalue weighted by atomic mass is 10.2. The Hall–Kier alpha value is -1.15. The van der Waals surface area contributed by atoms with Crippen LogP contribution < -0.4 is 5.73 Å². The largest absolute Gasteiger partial charge is 0.508 e. The van der Waals surface area contributed by atoms with Gasteiger partial charge >= 0.3 is 10.4 Å². The van der Waals surface area contributed by atoms with E-state index in [4.69, 9.17) is 28.4 Å². The van der Waals surface area contributed by atoms with Crippen molar-refractivity contribution in [2.45, 2.75) is 6.54 Å². The topological polar surface area (TPSA) is 121 Å². The van der Waals surface area contributed by atoms with E-state index in [1.54, 1.807) is 24.3 Å². The molecule has 0 saturated carbocycles. The molecule has 7 heteroatoms. The summed E-state index contributed by atoms with van der Waals surface area (Å²) in [6.07, 6.45) is 0. The van der Waals surface area contributed by atoms with Crippen LogP contribution in [0.2, 0.25) is 0 Å². The molecule has 0 aromatic heterocycles. The first-order valence-corrected chi connectivity index (χ1v) is 4.90. The van der Waals surface area contributed by atoms with Crippen LogP contribution in [0.5, 0.6) is 5.75 Å². The van der Waals surface area contributed by atoms with Crippen LogP contribution in [-0.2, 0) is 16.9 Å². The Kier molecular flexibility index (Phi) is 5.10. The maximum absolute atomic E-state index is 8.81. The zero-order valence-corrected chi connectivity index (χ0v) is 7.98. The van der Waals surface area contributed by atoms with Crippen LogP contribution in [0, 0.1) is 0 Å². The summed E-state index contributed by atoms with van der Waals surface area (Å²) in [7, 11) is -4.67. The summed E-state index contributed by atoms with van der Waals surface area (Å²) in [6.45, 7) is 0.528. The summed E-state index contributed by atoms with van der Waals surface area (Å²) in [5, 5.41) is 8.81. The monoisotopic (exact) mass is 221 g/mol. The van der Waals surface area contributed by atoms with Crippen molar-refractivity contribution in [3.05, 3.63) is 29.8 Å². The van der Waals surface area contributed by atoms with Gasteiger partial charge in [-0.05, 0) is 17.7 Å². The molecule has 0 unspecified atom stereocenters. The molecule has 6 nitrogen and oxygen atoms in total. The molecule has 0 spiro atoms. The normalized spacial score (nSPS) is 10.2. The zero-order valence-electron chi connectivity index (χ0n) is 7.16. The number of benzene rings is 1. The van der Waals surface area contributed by atoms with E-state index in [2.05, 4.69) is 0 Å². The number of nitrogens with two attached hydrogens (primary N) is 1. The van der Waals surface area contributed by atoms with Crippen molar-refractivity contribution in [1.29, 1.82) is 0 Å². The number of hydrogen-bond acceptors (Lipinski definition) is 4. The molecule has 0 fully saturated rings. The van der Waals surface area contributed by atoms with Crippen molar-refractivity contribution < 1.29 is 22.6 Å². The van der Waals surface area contributed by atoms with Crippen molar-refractivity contribution in [1.82, 2.24) is 0 Å². The van der Waals surface area contributed by atoms with Gasteiger partial charge in [-0.1, -0.05) is 12.1 Å². The summed E-state index contributed by atoms with van der Waals surface area (Å²) >= 11 is 0. The second kappa shape index (κ2) is 5.55. The molecular formula is C7H11NO5S. The van der Waals surface area contributed by atoms with Crippen molar-refractivity contribution in [3.63, 3.8) is 0 Å². The molecule has 0 heterocycles. The summed E-state index contributed by atoms with van der Waals surface area (Å²) in [4.78, 5) is 0. The SMILES string of the molecule is NCc1ccc(O)cc1.O=S(=O)(O)O. The van der Waals surface area contributed by atoms with Crippen LogP contribution in [0.3, 0.4) is 0 Å². The molecular weight excluding hydrogens is 210 g/mol. The predicted octanol–water partition coefficient (Wildman–Crippen LogP) is 0.198. The predicted molar refractivity (Wildman–Crippen MR) is 50.2 cm³/mol. The maximum atomic E-state index is 8.81. The van der Waals surface area contributed by atoms with E-state index in [1.807, 2.05) is 0 Å². The fraction of sp³-hybridized carbons (Fsp3) is 0.143. The van der Waals surface area contributed by atoms with Crippen LogP contribution in [-0.4, -0.2) is 22.6 Å². The first kappa shape index (κ1) is 12.8. The van der Waals surface area contributed by atoms with Crippen LogP contribution in [0.1, 0.15) is 5.56 Å². The first-order valence-electron chi connectivity index (χ1n) is 3.51. The second-order valence-electron chi connectivity index (χ2n) is 2.32.